The zero-order chi connectivity index (χ0) is 14.4. The minimum Gasteiger partial charge on any atom is -0.384 e. The Bertz CT molecular complexity index is 513. The molecule has 1 aliphatic carbocycles. The highest BCUT2D eigenvalue weighted by Crippen LogP contribution is 2.21. The molecule has 2 N–H and O–H groups in total. The van der Waals surface area contributed by atoms with Crippen LogP contribution in [-0.2, 0) is 4.74 Å². The van der Waals surface area contributed by atoms with E-state index in [2.05, 4.69) is 17.2 Å². The molecule has 0 radical (unpaired) electrons. The molecule has 1 fully saturated rings. The standard InChI is InChI=1S/C16H19NO3/c1-20-15-6-2-5-14(15)17-16(19)13-9-7-12(8-10-13)4-3-11-18/h7-10,14-15,18H,2,5-6,11H2,1H3,(H,17,19). The van der Waals surface area contributed by atoms with Crippen molar-refractivity contribution in [1.29, 1.82) is 0 Å². The smallest absolute Gasteiger partial charge is 0.251 e. The first-order chi connectivity index (χ1) is 9.74. The number of rotatable bonds is 3. The average molecular weight is 273 g/mol. The number of hydrogen-bond acceptors (Lipinski definition) is 3. The molecule has 4 nitrogen and oxygen atoms in total. The van der Waals surface area contributed by atoms with Crippen LogP contribution >= 0.6 is 0 Å². The lowest BCUT2D eigenvalue weighted by atomic mass is 10.1. The molecule has 1 aromatic rings. The third-order valence-electron chi connectivity index (χ3n) is 3.53. The van der Waals surface area contributed by atoms with Crippen molar-refractivity contribution in [3.8, 4) is 11.8 Å². The van der Waals surface area contributed by atoms with E-state index in [1.807, 2.05) is 0 Å². The van der Waals surface area contributed by atoms with E-state index in [0.29, 0.717) is 5.56 Å². The summed E-state index contributed by atoms with van der Waals surface area (Å²) in [5.41, 5.74) is 1.40. The van der Waals surface area contributed by atoms with Gasteiger partial charge in [0.05, 0.1) is 12.1 Å². The Morgan fingerprint density at radius 1 is 1.40 bits per heavy atom. The van der Waals surface area contributed by atoms with Crippen molar-refractivity contribution in [3.05, 3.63) is 35.4 Å². The second-order valence-corrected chi connectivity index (χ2v) is 4.82. The quantitative estimate of drug-likeness (QED) is 0.817. The van der Waals surface area contributed by atoms with Gasteiger partial charge in [0.1, 0.15) is 6.61 Å². The molecular formula is C16H19NO3. The zero-order valence-corrected chi connectivity index (χ0v) is 11.6. The summed E-state index contributed by atoms with van der Waals surface area (Å²) in [5.74, 6) is 5.29. The molecule has 2 rings (SSSR count). The molecule has 1 saturated carbocycles. The van der Waals surface area contributed by atoms with Crippen LogP contribution in [0, 0.1) is 11.8 Å². The van der Waals surface area contributed by atoms with E-state index in [-0.39, 0.29) is 24.7 Å². The van der Waals surface area contributed by atoms with Crippen LogP contribution < -0.4 is 5.32 Å². The highest BCUT2D eigenvalue weighted by atomic mass is 16.5. The van der Waals surface area contributed by atoms with Crippen LogP contribution in [0.15, 0.2) is 24.3 Å². The van der Waals surface area contributed by atoms with Crippen molar-refractivity contribution >= 4 is 5.91 Å². The first kappa shape index (κ1) is 14.6. The summed E-state index contributed by atoms with van der Waals surface area (Å²) in [4.78, 5) is 12.1. The second kappa shape index (κ2) is 7.09. The van der Waals surface area contributed by atoms with Crippen molar-refractivity contribution in [3.63, 3.8) is 0 Å². The molecule has 4 heteroatoms. The molecule has 0 aliphatic heterocycles. The summed E-state index contributed by atoms with van der Waals surface area (Å²) < 4.78 is 5.37. The van der Waals surface area contributed by atoms with Crippen LogP contribution in [0.25, 0.3) is 0 Å². The summed E-state index contributed by atoms with van der Waals surface area (Å²) in [7, 11) is 1.68. The second-order valence-electron chi connectivity index (χ2n) is 4.82. The molecule has 106 valence electrons. The maximum atomic E-state index is 12.1. The van der Waals surface area contributed by atoms with Gasteiger partial charge in [0.25, 0.3) is 5.91 Å². The van der Waals surface area contributed by atoms with Gasteiger partial charge in [0, 0.05) is 18.2 Å². The molecular weight excluding hydrogens is 254 g/mol. The topological polar surface area (TPSA) is 58.6 Å². The van der Waals surface area contributed by atoms with Crippen molar-refractivity contribution in [2.45, 2.75) is 31.4 Å². The summed E-state index contributed by atoms with van der Waals surface area (Å²) in [6.45, 7) is -0.164. The lowest BCUT2D eigenvalue weighted by Crippen LogP contribution is -2.40. The number of aliphatic hydroxyl groups is 1. The highest BCUT2D eigenvalue weighted by molar-refractivity contribution is 5.94. The van der Waals surface area contributed by atoms with E-state index in [4.69, 9.17) is 9.84 Å². The summed E-state index contributed by atoms with van der Waals surface area (Å²) in [6.07, 6.45) is 3.16. The number of aliphatic hydroxyl groups excluding tert-OH is 1. The maximum Gasteiger partial charge on any atom is 0.251 e. The molecule has 2 atom stereocenters. The van der Waals surface area contributed by atoms with Gasteiger partial charge in [-0.1, -0.05) is 11.8 Å². The van der Waals surface area contributed by atoms with Crippen molar-refractivity contribution in [2.75, 3.05) is 13.7 Å². The van der Waals surface area contributed by atoms with Gasteiger partial charge in [0.15, 0.2) is 0 Å². The number of hydrogen-bond donors (Lipinski definition) is 2. The van der Waals surface area contributed by atoms with Crippen molar-refractivity contribution in [2.24, 2.45) is 0 Å². The minimum absolute atomic E-state index is 0.0828. The monoisotopic (exact) mass is 273 g/mol. The molecule has 0 heterocycles. The fourth-order valence-corrected chi connectivity index (χ4v) is 2.47. The van der Waals surface area contributed by atoms with E-state index in [0.717, 1.165) is 24.8 Å². The normalized spacial score (nSPS) is 21.1. The van der Waals surface area contributed by atoms with Crippen LogP contribution in [0.2, 0.25) is 0 Å². The van der Waals surface area contributed by atoms with Crippen LogP contribution in [0.1, 0.15) is 35.2 Å². The lowest BCUT2D eigenvalue weighted by Gasteiger charge is -2.19. The van der Waals surface area contributed by atoms with E-state index in [1.165, 1.54) is 0 Å². The fraction of sp³-hybridized carbons (Fsp3) is 0.438. The predicted molar refractivity (Wildman–Crippen MR) is 76.3 cm³/mol. The predicted octanol–water partition coefficient (Wildman–Crippen LogP) is 1.33. The Balaban J connectivity index is 1.98. The molecule has 0 aromatic heterocycles. The van der Waals surface area contributed by atoms with Crippen LogP contribution in [0.4, 0.5) is 0 Å². The van der Waals surface area contributed by atoms with Gasteiger partial charge in [-0.05, 0) is 43.5 Å². The van der Waals surface area contributed by atoms with Crippen molar-refractivity contribution < 1.29 is 14.6 Å². The Morgan fingerprint density at radius 3 is 2.80 bits per heavy atom. The van der Waals surface area contributed by atoms with E-state index in [1.54, 1.807) is 31.4 Å². The van der Waals surface area contributed by atoms with E-state index >= 15 is 0 Å². The lowest BCUT2D eigenvalue weighted by molar-refractivity contribution is 0.0722. The number of benzene rings is 1. The van der Waals surface area contributed by atoms with Crippen LogP contribution in [0.3, 0.4) is 0 Å². The SMILES string of the molecule is COC1CCCC1NC(=O)c1ccc(C#CCO)cc1. The van der Waals surface area contributed by atoms with Gasteiger partial charge in [0.2, 0.25) is 0 Å². The Labute approximate surface area is 119 Å². The third-order valence-corrected chi connectivity index (χ3v) is 3.53. The number of carbonyl (C=O) groups excluding carboxylic acids is 1. The van der Waals surface area contributed by atoms with Gasteiger partial charge in [-0.25, -0.2) is 0 Å². The largest absolute Gasteiger partial charge is 0.384 e. The summed E-state index contributed by atoms with van der Waals surface area (Å²) in [5, 5.41) is 11.6. The van der Waals surface area contributed by atoms with Crippen molar-refractivity contribution in [1.82, 2.24) is 5.32 Å². The van der Waals surface area contributed by atoms with E-state index < -0.39 is 0 Å². The molecule has 1 amide bonds. The van der Waals surface area contributed by atoms with Crippen LogP contribution in [-0.4, -0.2) is 36.9 Å². The van der Waals surface area contributed by atoms with Gasteiger partial charge in [-0.15, -0.1) is 0 Å². The number of ether oxygens (including phenoxy) is 1. The summed E-state index contributed by atoms with van der Waals surface area (Å²) >= 11 is 0. The zero-order valence-electron chi connectivity index (χ0n) is 11.6. The first-order valence-corrected chi connectivity index (χ1v) is 6.78. The van der Waals surface area contributed by atoms with Gasteiger partial charge < -0.3 is 15.2 Å². The van der Waals surface area contributed by atoms with Gasteiger partial charge in [-0.2, -0.15) is 0 Å². The maximum absolute atomic E-state index is 12.1. The third kappa shape index (κ3) is 3.60. The van der Waals surface area contributed by atoms with Gasteiger partial charge >= 0.3 is 0 Å². The number of nitrogens with one attached hydrogen (secondary N) is 1. The molecule has 20 heavy (non-hydrogen) atoms. The Morgan fingerprint density at radius 2 is 2.15 bits per heavy atom. The Hall–Kier alpha value is -1.83. The molecule has 0 bridgehead atoms. The average Bonchev–Trinajstić information content (AvgIpc) is 2.92. The molecule has 0 saturated heterocycles. The van der Waals surface area contributed by atoms with Crippen LogP contribution in [0.5, 0.6) is 0 Å². The summed E-state index contributed by atoms with van der Waals surface area (Å²) in [6, 6.07) is 7.14. The highest BCUT2D eigenvalue weighted by Gasteiger charge is 2.28. The Kier molecular flexibility index (Phi) is 5.16. The molecule has 1 aliphatic rings. The van der Waals surface area contributed by atoms with E-state index in [9.17, 15) is 4.79 Å². The molecule has 2 unspecified atom stereocenters. The number of carbonyl (C=O) groups is 1. The minimum atomic E-state index is -0.164. The first-order valence-electron chi connectivity index (χ1n) is 6.78. The molecule has 1 aromatic carbocycles. The number of methoxy groups -OCH3 is 1. The molecule has 0 spiro atoms. The fourth-order valence-electron chi connectivity index (χ4n) is 2.47. The number of amides is 1. The van der Waals surface area contributed by atoms with Gasteiger partial charge in [-0.3, -0.25) is 4.79 Å².